The van der Waals surface area contributed by atoms with E-state index in [1.807, 2.05) is 72.8 Å². The van der Waals surface area contributed by atoms with Gasteiger partial charge in [-0.2, -0.15) is 0 Å². The van der Waals surface area contributed by atoms with Crippen LogP contribution in [-0.4, -0.2) is 162 Å². The van der Waals surface area contributed by atoms with E-state index in [0.29, 0.717) is 37.1 Å². The summed E-state index contributed by atoms with van der Waals surface area (Å²) < 4.78 is 54.9. The molecule has 18 heteroatoms. The van der Waals surface area contributed by atoms with Crippen LogP contribution in [0.5, 0.6) is 23.0 Å². The summed E-state index contributed by atoms with van der Waals surface area (Å²) in [5.41, 5.74) is 2.87. The number of carbonyl (C=O) groups is 3. The number of methoxy groups -OCH3 is 1. The van der Waals surface area contributed by atoms with Crippen LogP contribution in [0.3, 0.4) is 0 Å². The fourth-order valence-electron chi connectivity index (χ4n) is 7.85. The Morgan fingerprint density at radius 3 is 1.40 bits per heavy atom. The van der Waals surface area contributed by atoms with Gasteiger partial charge in [-0.05, 0) is 95.9 Å². The normalized spacial score (nSPS) is 14.9. The summed E-state index contributed by atoms with van der Waals surface area (Å²) in [4.78, 5) is 40.6. The number of epoxide rings is 1. The molecule has 5 aromatic rings. The number of aliphatic hydroxyl groups excluding tert-OH is 4. The van der Waals surface area contributed by atoms with E-state index in [1.54, 1.807) is 38.3 Å². The lowest BCUT2D eigenvalue weighted by Gasteiger charge is -2.26. The summed E-state index contributed by atoms with van der Waals surface area (Å²) >= 11 is 0. The van der Waals surface area contributed by atoms with Crippen molar-refractivity contribution >= 4 is 17.8 Å². The molecule has 0 radical (unpaired) electrons. The Hall–Kier alpha value is -6.61. The number of esters is 2. The van der Waals surface area contributed by atoms with Crippen molar-refractivity contribution in [3.05, 3.63) is 154 Å². The van der Waals surface area contributed by atoms with Gasteiger partial charge in [-0.3, -0.25) is 4.79 Å². The SMILES string of the molecule is COCCOCC(C)NC(=O)c1ccc(C(=O)OCC(O)COc2ccc(C(C)(C)c3ccc(OCC(O)COCCO)cc3)cc2)c(C(=O)OCC(O)COc2ccc(C(C)(C)c3ccc(OCC4CO4)cc3)cc2)c1. The molecule has 5 atom stereocenters. The number of nitrogens with one attached hydrogen (secondary N) is 1. The lowest BCUT2D eigenvalue weighted by molar-refractivity contribution is 0.00133. The number of hydrogen-bond donors (Lipinski definition) is 5. The molecular formula is C59H73NO17. The Labute approximate surface area is 450 Å². The van der Waals surface area contributed by atoms with E-state index < -0.39 is 60.8 Å². The highest BCUT2D eigenvalue weighted by Gasteiger charge is 2.28. The summed E-state index contributed by atoms with van der Waals surface area (Å²) in [6.07, 6.45) is -3.19. The molecule has 5 unspecified atom stereocenters. The number of hydrogen-bond acceptors (Lipinski definition) is 17. The number of amides is 1. The highest BCUT2D eigenvalue weighted by molar-refractivity contribution is 6.06. The molecule has 1 aliphatic heterocycles. The van der Waals surface area contributed by atoms with Crippen LogP contribution in [-0.2, 0) is 39.3 Å². The molecule has 0 aliphatic carbocycles. The molecule has 416 valence electrons. The summed E-state index contributed by atoms with van der Waals surface area (Å²) in [7, 11) is 1.55. The van der Waals surface area contributed by atoms with Crippen molar-refractivity contribution in [2.24, 2.45) is 0 Å². The van der Waals surface area contributed by atoms with Gasteiger partial charge in [0.2, 0.25) is 0 Å². The molecule has 1 saturated heterocycles. The van der Waals surface area contributed by atoms with Gasteiger partial charge in [-0.1, -0.05) is 76.2 Å². The summed E-state index contributed by atoms with van der Waals surface area (Å²) in [6.45, 7) is 10.9. The third-order valence-corrected chi connectivity index (χ3v) is 12.7. The number of benzene rings is 5. The van der Waals surface area contributed by atoms with E-state index in [2.05, 4.69) is 33.0 Å². The third kappa shape index (κ3) is 18.5. The van der Waals surface area contributed by atoms with Gasteiger partial charge in [0.05, 0.1) is 57.4 Å². The van der Waals surface area contributed by atoms with E-state index in [1.165, 1.54) is 18.2 Å². The predicted molar refractivity (Wildman–Crippen MR) is 284 cm³/mol. The number of ether oxygens (including phenoxy) is 10. The summed E-state index contributed by atoms with van der Waals surface area (Å²) in [5.74, 6) is -0.227. The Morgan fingerprint density at radius 2 is 0.974 bits per heavy atom. The highest BCUT2D eigenvalue weighted by Crippen LogP contribution is 2.35. The molecule has 77 heavy (non-hydrogen) atoms. The quantitative estimate of drug-likeness (QED) is 0.0188. The minimum absolute atomic E-state index is 0.0409. The van der Waals surface area contributed by atoms with Gasteiger partial charge >= 0.3 is 11.9 Å². The lowest BCUT2D eigenvalue weighted by Crippen LogP contribution is -2.36. The smallest absolute Gasteiger partial charge is 0.339 e. The highest BCUT2D eigenvalue weighted by atomic mass is 16.6. The van der Waals surface area contributed by atoms with Gasteiger partial charge in [0.15, 0.2) is 0 Å². The predicted octanol–water partition coefficient (Wildman–Crippen LogP) is 5.84. The van der Waals surface area contributed by atoms with Gasteiger partial charge in [0, 0.05) is 29.5 Å². The Kier molecular flexibility index (Phi) is 22.6. The molecule has 0 spiro atoms. The molecule has 1 fully saturated rings. The fourth-order valence-corrected chi connectivity index (χ4v) is 7.85. The molecule has 5 N–H and O–H groups in total. The second-order valence-electron chi connectivity index (χ2n) is 19.7. The van der Waals surface area contributed by atoms with E-state index in [9.17, 15) is 29.7 Å². The van der Waals surface area contributed by atoms with E-state index in [-0.39, 0.29) is 74.5 Å². The first-order valence-corrected chi connectivity index (χ1v) is 25.6. The zero-order chi connectivity index (χ0) is 55.4. The van der Waals surface area contributed by atoms with Crippen LogP contribution >= 0.6 is 0 Å². The monoisotopic (exact) mass is 1070 g/mol. The van der Waals surface area contributed by atoms with Crippen LogP contribution in [0, 0.1) is 0 Å². The van der Waals surface area contributed by atoms with Crippen molar-refractivity contribution < 1.29 is 82.2 Å². The zero-order valence-electron chi connectivity index (χ0n) is 44.6. The molecule has 1 aliphatic rings. The van der Waals surface area contributed by atoms with Crippen LogP contribution in [0.2, 0.25) is 0 Å². The number of rotatable bonds is 33. The maximum atomic E-state index is 13.7. The lowest BCUT2D eigenvalue weighted by atomic mass is 9.78. The maximum absolute atomic E-state index is 13.7. The standard InChI is InChI=1S/C59H73NO17/c1-39(30-70-28-27-68-6)60-55(65)40-7-24-53(54(29-40)57(67)77-36-47(64)34-73-50-20-12-43(13-21-50)59(4,5)44-14-22-51(23-15-44)74-37-52-38-75-52)56(66)76-35-46(63)33-72-49-18-10-42(11-19-49)58(2,3)41-8-16-48(17-9-41)71-32-45(62)31-69-26-25-61/h7-24,29,39,45-47,52,61-64H,25-28,30-38H2,1-6H3,(H,60,65). The summed E-state index contributed by atoms with van der Waals surface area (Å²) in [5, 5.41) is 43.3. The van der Waals surface area contributed by atoms with E-state index in [4.69, 9.17) is 52.5 Å². The van der Waals surface area contributed by atoms with Gasteiger partial charge in [0.1, 0.15) is 87.1 Å². The Balaban J connectivity index is 1.01. The average Bonchev–Trinajstić information content (AvgIpc) is 4.30. The van der Waals surface area contributed by atoms with Crippen LogP contribution in [0.4, 0.5) is 0 Å². The van der Waals surface area contributed by atoms with E-state index in [0.717, 1.165) is 34.6 Å². The average molecular weight is 1070 g/mol. The van der Waals surface area contributed by atoms with Crippen LogP contribution < -0.4 is 24.3 Å². The van der Waals surface area contributed by atoms with Crippen LogP contribution in [0.15, 0.2) is 115 Å². The molecule has 0 bridgehead atoms. The molecule has 5 aromatic carbocycles. The zero-order valence-corrected chi connectivity index (χ0v) is 44.6. The minimum Gasteiger partial charge on any atom is -0.491 e. The largest absolute Gasteiger partial charge is 0.491 e. The van der Waals surface area contributed by atoms with Crippen molar-refractivity contribution in [3.63, 3.8) is 0 Å². The van der Waals surface area contributed by atoms with E-state index >= 15 is 0 Å². The molecule has 1 amide bonds. The molecule has 6 rings (SSSR count). The van der Waals surface area contributed by atoms with Crippen molar-refractivity contribution in [2.45, 2.75) is 75.9 Å². The first kappa shape index (κ1) is 59.6. The number of aliphatic hydroxyl groups is 4. The first-order chi connectivity index (χ1) is 37.0. The van der Waals surface area contributed by atoms with Gasteiger partial charge in [-0.25, -0.2) is 9.59 Å². The van der Waals surface area contributed by atoms with Gasteiger partial charge in [0.25, 0.3) is 5.91 Å². The first-order valence-electron chi connectivity index (χ1n) is 25.6. The van der Waals surface area contributed by atoms with Gasteiger partial charge in [-0.15, -0.1) is 0 Å². The third-order valence-electron chi connectivity index (χ3n) is 12.7. The van der Waals surface area contributed by atoms with Gasteiger partial charge < -0.3 is 73.1 Å². The van der Waals surface area contributed by atoms with Crippen LogP contribution in [0.1, 0.15) is 87.9 Å². The molecule has 0 aromatic heterocycles. The Morgan fingerprint density at radius 1 is 0.558 bits per heavy atom. The molecule has 0 saturated carbocycles. The topological polar surface area (TPSA) is 240 Å². The minimum atomic E-state index is -1.27. The second kappa shape index (κ2) is 29.2. The molecular weight excluding hydrogens is 995 g/mol. The Bertz CT molecular complexity index is 2600. The van der Waals surface area contributed by atoms with Crippen molar-refractivity contribution in [2.75, 3.05) is 93.0 Å². The van der Waals surface area contributed by atoms with Crippen molar-refractivity contribution in [1.29, 1.82) is 0 Å². The number of carbonyl (C=O) groups excluding carboxylic acids is 3. The second-order valence-corrected chi connectivity index (χ2v) is 19.7. The molecule has 1 heterocycles. The fraction of sp³-hybridized carbons (Fsp3) is 0.441. The summed E-state index contributed by atoms with van der Waals surface area (Å²) in [6, 6.07) is 33.7. The van der Waals surface area contributed by atoms with Crippen LogP contribution in [0.25, 0.3) is 0 Å². The maximum Gasteiger partial charge on any atom is 0.339 e. The van der Waals surface area contributed by atoms with Crippen molar-refractivity contribution in [1.82, 2.24) is 5.32 Å². The molecule has 18 nitrogen and oxygen atoms in total. The van der Waals surface area contributed by atoms with Crippen molar-refractivity contribution in [3.8, 4) is 23.0 Å².